The molecule has 1 saturated carbocycles. The zero-order valence-corrected chi connectivity index (χ0v) is 20.3. The van der Waals surface area contributed by atoms with Crippen LogP contribution in [-0.2, 0) is 0 Å². The predicted octanol–water partition coefficient (Wildman–Crippen LogP) is 5.66. The van der Waals surface area contributed by atoms with Gasteiger partial charge in [-0.2, -0.15) is 5.10 Å². The molecule has 0 amide bonds. The first-order valence-electron chi connectivity index (χ1n) is 12.0. The minimum absolute atomic E-state index is 0.389. The number of nitrogens with one attached hydrogen (secondary N) is 1. The predicted molar refractivity (Wildman–Crippen MR) is 131 cm³/mol. The average Bonchev–Trinajstić information content (AvgIpc) is 3.16. The van der Waals surface area contributed by atoms with E-state index in [2.05, 4.69) is 53.9 Å². The molecule has 7 heteroatoms. The van der Waals surface area contributed by atoms with Gasteiger partial charge in [0.15, 0.2) is 5.65 Å². The van der Waals surface area contributed by atoms with Crippen molar-refractivity contribution in [1.82, 2.24) is 29.5 Å². The number of H-pyrrole nitrogens is 1. The molecular weight excluding hydrogens is 416 g/mol. The molecule has 168 valence electrons. The minimum atomic E-state index is 0.389. The summed E-state index contributed by atoms with van der Waals surface area (Å²) in [5, 5.41) is 5.73. The number of hydrogen-bond donors (Lipinski definition) is 1. The van der Waals surface area contributed by atoms with E-state index in [9.17, 15) is 0 Å². The van der Waals surface area contributed by atoms with Crippen molar-refractivity contribution >= 4 is 27.3 Å². The van der Waals surface area contributed by atoms with Crippen LogP contribution in [0.3, 0.4) is 0 Å². The highest BCUT2D eigenvalue weighted by molar-refractivity contribution is 7.18. The van der Waals surface area contributed by atoms with E-state index in [1.54, 1.807) is 6.33 Å². The summed E-state index contributed by atoms with van der Waals surface area (Å²) in [6, 6.07) is 0. The lowest BCUT2D eigenvalue weighted by Gasteiger charge is -2.31. The fraction of sp³-hybridized carbons (Fsp3) is 0.560. The maximum Gasteiger partial charge on any atom is 0.158 e. The summed E-state index contributed by atoms with van der Waals surface area (Å²) in [6.07, 6.45) is 9.12. The van der Waals surface area contributed by atoms with Crippen LogP contribution >= 0.6 is 11.3 Å². The number of piperidine rings is 1. The molecule has 4 aromatic heterocycles. The molecule has 6 nitrogen and oxygen atoms in total. The number of pyridine rings is 1. The second-order valence-corrected chi connectivity index (χ2v) is 11.2. The molecule has 1 aliphatic heterocycles. The van der Waals surface area contributed by atoms with E-state index >= 15 is 0 Å². The summed E-state index contributed by atoms with van der Waals surface area (Å²) in [6.45, 7) is 12.7. The minimum Gasteiger partial charge on any atom is -0.345 e. The van der Waals surface area contributed by atoms with Crippen molar-refractivity contribution in [1.29, 1.82) is 0 Å². The lowest BCUT2D eigenvalue weighted by molar-refractivity contribution is 0.204. The van der Waals surface area contributed by atoms with Gasteiger partial charge in [-0.05, 0) is 75.6 Å². The number of aromatic nitrogens is 5. The van der Waals surface area contributed by atoms with E-state index < -0.39 is 0 Å². The second-order valence-electron chi connectivity index (χ2n) is 10.1. The first-order chi connectivity index (χ1) is 15.5. The number of nitrogens with zero attached hydrogens (tertiary/aromatic N) is 5. The Kier molecular flexibility index (Phi) is 4.88. The summed E-state index contributed by atoms with van der Waals surface area (Å²) < 4.78 is 1.89. The molecule has 0 spiro atoms. The van der Waals surface area contributed by atoms with Crippen molar-refractivity contribution in [3.05, 3.63) is 34.2 Å². The van der Waals surface area contributed by atoms with Crippen molar-refractivity contribution in [2.45, 2.75) is 65.2 Å². The molecule has 2 aliphatic rings. The normalized spacial score (nSPS) is 18.5. The molecule has 0 unspecified atom stereocenters. The van der Waals surface area contributed by atoms with E-state index in [0.29, 0.717) is 11.8 Å². The van der Waals surface area contributed by atoms with Gasteiger partial charge in [-0.3, -0.25) is 0 Å². The van der Waals surface area contributed by atoms with Crippen molar-refractivity contribution in [2.24, 2.45) is 5.92 Å². The van der Waals surface area contributed by atoms with Crippen LogP contribution in [0.4, 0.5) is 0 Å². The monoisotopic (exact) mass is 448 g/mol. The molecule has 0 radical (unpaired) electrons. The highest BCUT2D eigenvalue weighted by atomic mass is 32.1. The van der Waals surface area contributed by atoms with Crippen LogP contribution in [0.1, 0.15) is 73.1 Å². The fourth-order valence-corrected chi connectivity index (χ4v) is 6.49. The maximum absolute atomic E-state index is 5.24. The smallest absolute Gasteiger partial charge is 0.158 e. The molecule has 0 aromatic carbocycles. The molecule has 2 fully saturated rings. The van der Waals surface area contributed by atoms with Crippen LogP contribution in [0, 0.1) is 19.8 Å². The number of thiazole rings is 1. The molecule has 0 atom stereocenters. The number of rotatable bonds is 5. The molecule has 1 N–H and O–H groups in total. The van der Waals surface area contributed by atoms with Gasteiger partial charge in [-0.25, -0.2) is 14.5 Å². The van der Waals surface area contributed by atoms with Crippen LogP contribution in [0.5, 0.6) is 0 Å². The summed E-state index contributed by atoms with van der Waals surface area (Å²) in [5.41, 5.74) is 8.26. The van der Waals surface area contributed by atoms with Gasteiger partial charge in [-0.15, -0.1) is 11.3 Å². The van der Waals surface area contributed by atoms with Crippen LogP contribution in [0.15, 0.2) is 12.5 Å². The van der Waals surface area contributed by atoms with Crippen molar-refractivity contribution in [2.75, 3.05) is 19.6 Å². The third-order valence-electron chi connectivity index (χ3n) is 7.53. The highest BCUT2D eigenvalue weighted by Crippen LogP contribution is 2.42. The molecule has 32 heavy (non-hydrogen) atoms. The Balaban J connectivity index is 1.35. The van der Waals surface area contributed by atoms with Gasteiger partial charge < -0.3 is 9.88 Å². The zero-order chi connectivity index (χ0) is 22.0. The van der Waals surface area contributed by atoms with Crippen LogP contribution in [0.2, 0.25) is 0 Å². The van der Waals surface area contributed by atoms with Gasteiger partial charge in [0.25, 0.3) is 0 Å². The summed E-state index contributed by atoms with van der Waals surface area (Å²) in [7, 11) is 0. The number of aryl methyl sites for hydroxylation is 1. The highest BCUT2D eigenvalue weighted by Gasteiger charge is 2.30. The van der Waals surface area contributed by atoms with Crippen LogP contribution < -0.4 is 0 Å². The van der Waals surface area contributed by atoms with Gasteiger partial charge in [0, 0.05) is 29.8 Å². The van der Waals surface area contributed by atoms with E-state index in [-0.39, 0.29) is 0 Å². The SMILES string of the molecule is Cc1c(-c2[nH]c3sc(C4CCN(CC5CC5)CC4)nc3c2C(C)C)cn2ncnc2c1C. The van der Waals surface area contributed by atoms with E-state index in [0.717, 1.165) is 11.6 Å². The van der Waals surface area contributed by atoms with Crippen molar-refractivity contribution < 1.29 is 0 Å². The fourth-order valence-electron chi connectivity index (χ4n) is 5.33. The lowest BCUT2D eigenvalue weighted by Crippen LogP contribution is -2.34. The largest absolute Gasteiger partial charge is 0.345 e. The van der Waals surface area contributed by atoms with Crippen molar-refractivity contribution in [3.8, 4) is 11.3 Å². The van der Waals surface area contributed by atoms with Crippen LogP contribution in [0.25, 0.3) is 27.3 Å². The topological polar surface area (TPSA) is 62.1 Å². The van der Waals surface area contributed by atoms with Gasteiger partial charge in [0.2, 0.25) is 0 Å². The Morgan fingerprint density at radius 3 is 2.62 bits per heavy atom. The first-order valence-corrected chi connectivity index (χ1v) is 12.9. The van der Waals surface area contributed by atoms with E-state index in [1.165, 1.54) is 88.6 Å². The summed E-state index contributed by atoms with van der Waals surface area (Å²) >= 11 is 1.87. The van der Waals surface area contributed by atoms with Crippen molar-refractivity contribution in [3.63, 3.8) is 0 Å². The molecule has 0 bridgehead atoms. The maximum atomic E-state index is 5.24. The molecule has 1 aliphatic carbocycles. The summed E-state index contributed by atoms with van der Waals surface area (Å²) in [4.78, 5) is 17.3. The van der Waals surface area contributed by atoms with Gasteiger partial charge in [-0.1, -0.05) is 13.8 Å². The number of aromatic amines is 1. The van der Waals surface area contributed by atoms with Gasteiger partial charge >= 0.3 is 0 Å². The third kappa shape index (κ3) is 3.37. The lowest BCUT2D eigenvalue weighted by atomic mass is 9.95. The van der Waals surface area contributed by atoms with Gasteiger partial charge in [0.05, 0.1) is 10.7 Å². The Morgan fingerprint density at radius 1 is 1.12 bits per heavy atom. The second kappa shape index (κ2) is 7.66. The quantitative estimate of drug-likeness (QED) is 0.428. The summed E-state index contributed by atoms with van der Waals surface area (Å²) in [5.74, 6) is 1.98. The molecule has 4 aromatic rings. The Morgan fingerprint density at radius 2 is 1.91 bits per heavy atom. The first kappa shape index (κ1) is 20.4. The Labute approximate surface area is 193 Å². The Bertz CT molecular complexity index is 1280. The number of fused-ring (bicyclic) bond motifs is 2. The Hall–Kier alpha value is -2.25. The average molecular weight is 449 g/mol. The standard InChI is InChI=1S/C25H32N6S/c1-14(2)20-21(19-12-31-23(26-13-27-31)16(4)15(19)3)28-25-22(20)29-24(32-25)18-7-9-30(10-8-18)11-17-5-6-17/h12-14,17-18,28H,5-11H2,1-4H3. The number of hydrogen-bond acceptors (Lipinski definition) is 5. The van der Waals surface area contributed by atoms with E-state index in [1.807, 2.05) is 15.9 Å². The van der Waals surface area contributed by atoms with E-state index in [4.69, 9.17) is 4.98 Å². The zero-order valence-electron chi connectivity index (χ0n) is 19.5. The molecule has 5 heterocycles. The van der Waals surface area contributed by atoms with Crippen LogP contribution in [-0.4, -0.2) is 49.1 Å². The van der Waals surface area contributed by atoms with Gasteiger partial charge in [0.1, 0.15) is 16.7 Å². The number of likely N-dealkylation sites (tertiary alicyclic amines) is 1. The molecular formula is C25H32N6S. The third-order valence-corrected chi connectivity index (χ3v) is 8.66. The molecule has 6 rings (SSSR count). The molecule has 1 saturated heterocycles.